The van der Waals surface area contributed by atoms with E-state index in [2.05, 4.69) is 16.9 Å². The van der Waals surface area contributed by atoms with E-state index in [4.69, 9.17) is 4.74 Å². The van der Waals surface area contributed by atoms with Crippen molar-refractivity contribution in [3.05, 3.63) is 28.2 Å². The molecule has 2 heterocycles. The molecular weight excluding hydrogens is 308 g/mol. The topological polar surface area (TPSA) is 67.7 Å². The van der Waals surface area contributed by atoms with Gasteiger partial charge in [0, 0.05) is 51.9 Å². The van der Waals surface area contributed by atoms with Gasteiger partial charge in [0.1, 0.15) is 5.69 Å². The lowest BCUT2D eigenvalue weighted by atomic mass is 10.1. The first-order valence-electron chi connectivity index (χ1n) is 8.71. The van der Waals surface area contributed by atoms with Crippen LogP contribution in [-0.4, -0.2) is 71.4 Å². The Bertz CT molecular complexity index is 602. The highest BCUT2D eigenvalue weighted by Gasteiger charge is 2.29. The average Bonchev–Trinajstić information content (AvgIpc) is 2.61. The third-order valence-electron chi connectivity index (χ3n) is 4.47. The Hall–Kier alpha value is -1.73. The van der Waals surface area contributed by atoms with Crippen LogP contribution in [0.2, 0.25) is 0 Å². The number of carbonyl (C=O) groups excluding carboxylic acids is 1. The van der Waals surface area contributed by atoms with Crippen LogP contribution < -0.4 is 5.56 Å². The number of hydrogen-bond donors (Lipinski definition) is 0. The van der Waals surface area contributed by atoms with Gasteiger partial charge in [0.2, 0.25) is 0 Å². The summed E-state index contributed by atoms with van der Waals surface area (Å²) in [4.78, 5) is 28.7. The third kappa shape index (κ3) is 4.42. The summed E-state index contributed by atoms with van der Waals surface area (Å²) in [6.07, 6.45) is 1.79. The Kier molecular flexibility index (Phi) is 6.93. The maximum Gasteiger partial charge on any atom is 0.274 e. The Morgan fingerprint density at radius 1 is 1.29 bits per heavy atom. The van der Waals surface area contributed by atoms with Gasteiger partial charge in [-0.1, -0.05) is 13.8 Å². The summed E-state index contributed by atoms with van der Waals surface area (Å²) in [6.45, 7) is 8.43. The molecule has 0 spiro atoms. The van der Waals surface area contributed by atoms with Crippen molar-refractivity contribution in [2.75, 3.05) is 39.9 Å². The number of carbonyl (C=O) groups is 1. The number of aryl methyl sites for hydroxylation is 1. The molecule has 7 nitrogen and oxygen atoms in total. The van der Waals surface area contributed by atoms with Gasteiger partial charge in [-0.15, -0.1) is 0 Å². The molecule has 1 aromatic rings. The summed E-state index contributed by atoms with van der Waals surface area (Å²) in [5.41, 5.74) is 0.187. The van der Waals surface area contributed by atoms with E-state index in [0.29, 0.717) is 38.0 Å². The van der Waals surface area contributed by atoms with Gasteiger partial charge in [0.05, 0.1) is 6.61 Å². The fraction of sp³-hybridized carbons (Fsp3) is 0.706. The molecule has 0 bridgehead atoms. The van der Waals surface area contributed by atoms with Gasteiger partial charge in [-0.05, 0) is 18.9 Å². The largest absolute Gasteiger partial charge is 0.383 e. The molecule has 1 aromatic heterocycles. The minimum Gasteiger partial charge on any atom is -0.383 e. The summed E-state index contributed by atoms with van der Waals surface area (Å²) >= 11 is 0. The van der Waals surface area contributed by atoms with E-state index < -0.39 is 0 Å². The van der Waals surface area contributed by atoms with Crippen LogP contribution in [0, 0.1) is 0 Å². The van der Waals surface area contributed by atoms with E-state index >= 15 is 0 Å². The molecular formula is C17H28N4O3. The van der Waals surface area contributed by atoms with Crippen LogP contribution in [0.3, 0.4) is 0 Å². The van der Waals surface area contributed by atoms with Crippen LogP contribution >= 0.6 is 0 Å². The third-order valence-corrected chi connectivity index (χ3v) is 4.47. The van der Waals surface area contributed by atoms with Crippen molar-refractivity contribution in [1.82, 2.24) is 19.6 Å². The number of methoxy groups -OCH3 is 1. The minimum absolute atomic E-state index is 0.0929. The van der Waals surface area contributed by atoms with Gasteiger partial charge in [0.25, 0.3) is 11.5 Å². The molecule has 0 unspecified atom stereocenters. The van der Waals surface area contributed by atoms with Crippen LogP contribution in [-0.2, 0) is 11.3 Å². The highest BCUT2D eigenvalue weighted by molar-refractivity contribution is 5.92. The fourth-order valence-corrected chi connectivity index (χ4v) is 3.06. The molecule has 0 saturated carbocycles. The van der Waals surface area contributed by atoms with Crippen molar-refractivity contribution in [2.24, 2.45) is 0 Å². The Labute approximate surface area is 143 Å². The summed E-state index contributed by atoms with van der Waals surface area (Å²) in [5, 5.41) is 4.24. The van der Waals surface area contributed by atoms with E-state index in [1.54, 1.807) is 7.11 Å². The summed E-state index contributed by atoms with van der Waals surface area (Å²) < 4.78 is 6.54. The Morgan fingerprint density at radius 2 is 2.08 bits per heavy atom. The van der Waals surface area contributed by atoms with Gasteiger partial charge < -0.3 is 9.64 Å². The minimum atomic E-state index is -0.163. The average molecular weight is 336 g/mol. The molecule has 134 valence electrons. The van der Waals surface area contributed by atoms with Crippen LogP contribution in [0.1, 0.15) is 37.2 Å². The van der Waals surface area contributed by atoms with E-state index in [-0.39, 0.29) is 11.5 Å². The van der Waals surface area contributed by atoms with E-state index in [1.807, 2.05) is 11.8 Å². The molecule has 0 aromatic carbocycles. The molecule has 24 heavy (non-hydrogen) atoms. The highest BCUT2D eigenvalue weighted by atomic mass is 16.5. The number of hydrogen-bond acceptors (Lipinski definition) is 5. The summed E-state index contributed by atoms with van der Waals surface area (Å²) in [7, 11) is 1.71. The zero-order valence-corrected chi connectivity index (χ0v) is 14.9. The number of rotatable bonds is 7. The van der Waals surface area contributed by atoms with Crippen molar-refractivity contribution >= 4 is 5.91 Å². The van der Waals surface area contributed by atoms with Crippen molar-refractivity contribution in [1.29, 1.82) is 0 Å². The normalized spacial score (nSPS) is 18.8. The second-order valence-corrected chi connectivity index (χ2v) is 6.12. The first-order chi connectivity index (χ1) is 11.6. The molecule has 1 aliphatic heterocycles. The molecule has 1 aliphatic rings. The predicted octanol–water partition coefficient (Wildman–Crippen LogP) is 0.836. The maximum atomic E-state index is 12.8. The molecule has 1 amide bonds. The lowest BCUT2D eigenvalue weighted by Crippen LogP contribution is -2.55. The van der Waals surface area contributed by atoms with Crippen molar-refractivity contribution in [3.8, 4) is 0 Å². The quantitative estimate of drug-likeness (QED) is 0.738. The number of amides is 1. The van der Waals surface area contributed by atoms with Crippen molar-refractivity contribution < 1.29 is 9.53 Å². The summed E-state index contributed by atoms with van der Waals surface area (Å²) in [5.74, 6) is -0.0929. The van der Waals surface area contributed by atoms with Crippen LogP contribution in [0.4, 0.5) is 0 Å². The number of aromatic nitrogens is 2. The first-order valence-corrected chi connectivity index (χ1v) is 8.71. The lowest BCUT2D eigenvalue weighted by Gasteiger charge is -2.41. The van der Waals surface area contributed by atoms with Gasteiger partial charge in [-0.3, -0.25) is 14.5 Å². The number of piperazine rings is 1. The standard InChI is InChI=1S/C17H28N4O3/c1-4-8-21-16(22)7-6-15(18-21)17(23)20-10-9-19(11-12-24-3)14(5-2)13-20/h6-7,14H,4-5,8-13H2,1-3H3/t14-/m1/s1. The Balaban J connectivity index is 2.08. The number of nitrogens with zero attached hydrogens (tertiary/aromatic N) is 4. The number of ether oxygens (including phenoxy) is 1. The molecule has 2 rings (SSSR count). The van der Waals surface area contributed by atoms with Gasteiger partial charge in [-0.2, -0.15) is 5.10 Å². The molecule has 1 atom stereocenters. The molecule has 1 fully saturated rings. The monoisotopic (exact) mass is 336 g/mol. The van der Waals surface area contributed by atoms with Crippen LogP contribution in [0.15, 0.2) is 16.9 Å². The second-order valence-electron chi connectivity index (χ2n) is 6.12. The van der Waals surface area contributed by atoms with Crippen LogP contribution in [0.5, 0.6) is 0 Å². The smallest absolute Gasteiger partial charge is 0.274 e. The van der Waals surface area contributed by atoms with E-state index in [1.165, 1.54) is 16.8 Å². The van der Waals surface area contributed by atoms with Crippen LogP contribution in [0.25, 0.3) is 0 Å². The van der Waals surface area contributed by atoms with Gasteiger partial charge >= 0.3 is 0 Å². The molecule has 0 N–H and O–H groups in total. The zero-order chi connectivity index (χ0) is 17.5. The molecule has 7 heteroatoms. The van der Waals surface area contributed by atoms with Crippen molar-refractivity contribution in [2.45, 2.75) is 39.3 Å². The lowest BCUT2D eigenvalue weighted by molar-refractivity contribution is 0.0379. The SMILES string of the molecule is CCCn1nc(C(=O)N2CCN(CCOC)[C@H](CC)C2)ccc1=O. The second kappa shape index (κ2) is 8.94. The first kappa shape index (κ1) is 18.6. The molecule has 0 aliphatic carbocycles. The zero-order valence-electron chi connectivity index (χ0n) is 14.9. The predicted molar refractivity (Wildman–Crippen MR) is 92.2 cm³/mol. The fourth-order valence-electron chi connectivity index (χ4n) is 3.06. The molecule has 1 saturated heterocycles. The Morgan fingerprint density at radius 3 is 2.75 bits per heavy atom. The van der Waals surface area contributed by atoms with Crippen molar-refractivity contribution in [3.63, 3.8) is 0 Å². The highest BCUT2D eigenvalue weighted by Crippen LogP contribution is 2.14. The maximum absolute atomic E-state index is 12.8. The molecule has 0 radical (unpaired) electrons. The van der Waals surface area contributed by atoms with E-state index in [0.717, 1.165) is 25.9 Å². The van der Waals surface area contributed by atoms with Gasteiger partial charge in [-0.25, -0.2) is 4.68 Å². The van der Waals surface area contributed by atoms with E-state index in [9.17, 15) is 9.59 Å². The summed E-state index contributed by atoms with van der Waals surface area (Å²) in [6, 6.07) is 3.30. The van der Waals surface area contributed by atoms with Gasteiger partial charge in [0.15, 0.2) is 0 Å².